The van der Waals surface area contributed by atoms with E-state index in [1.807, 2.05) is 12.3 Å². The Kier molecular flexibility index (Phi) is 5.86. The summed E-state index contributed by atoms with van der Waals surface area (Å²) >= 11 is 1.75. The average molecular weight is 412 g/mol. The molecule has 0 saturated carbocycles. The van der Waals surface area contributed by atoms with E-state index in [1.54, 1.807) is 18.7 Å². The van der Waals surface area contributed by atoms with Gasteiger partial charge in [-0.2, -0.15) is 0 Å². The van der Waals surface area contributed by atoms with Crippen LogP contribution in [0.2, 0.25) is 0 Å². The van der Waals surface area contributed by atoms with Crippen LogP contribution < -0.4 is 0 Å². The van der Waals surface area contributed by atoms with Crippen molar-refractivity contribution in [3.8, 4) is 28.2 Å². The Bertz CT molecular complexity index is 1190. The maximum absolute atomic E-state index is 8.08. The molecule has 0 atom stereocenters. The summed E-state index contributed by atoms with van der Waals surface area (Å²) in [4.78, 5) is 6.06. The molecule has 3 aromatic carbocycles. The van der Waals surface area contributed by atoms with E-state index < -0.39 is 0 Å². The van der Waals surface area contributed by atoms with E-state index >= 15 is 0 Å². The summed E-state index contributed by atoms with van der Waals surface area (Å²) in [6, 6.07) is 25.5. The molecule has 1 N–H and O–H groups in total. The number of imidazole rings is 1. The highest BCUT2D eigenvalue weighted by atomic mass is 32.2. The molecule has 150 valence electrons. The van der Waals surface area contributed by atoms with Crippen molar-refractivity contribution in [1.82, 2.24) is 9.55 Å². The summed E-state index contributed by atoms with van der Waals surface area (Å²) in [6.45, 7) is 3.94. The highest BCUT2D eigenvalue weighted by molar-refractivity contribution is 7.98. The van der Waals surface area contributed by atoms with Crippen molar-refractivity contribution >= 4 is 17.5 Å². The van der Waals surface area contributed by atoms with Gasteiger partial charge in [0.25, 0.3) is 0 Å². The average Bonchev–Trinajstić information content (AvgIpc) is 3.25. The maximum Gasteiger partial charge on any atom is 0.145 e. The van der Waals surface area contributed by atoms with Gasteiger partial charge in [-0.05, 0) is 60.6 Å². The lowest BCUT2D eigenvalue weighted by molar-refractivity contribution is 1.05. The van der Waals surface area contributed by atoms with Crippen LogP contribution in [0.25, 0.3) is 28.2 Å². The van der Waals surface area contributed by atoms with Gasteiger partial charge in [0.15, 0.2) is 0 Å². The molecule has 4 heteroatoms. The molecule has 30 heavy (non-hydrogen) atoms. The lowest BCUT2D eigenvalue weighted by Crippen LogP contribution is -1.98. The standard InChI is InChI=1S/C26H25N3S/c1-4-19-8-5-6-11-24(19)26-28-25(18(2)27)17-29(26)22-14-12-20(13-15-22)21-9-7-10-23(16-21)30-3/h5-17,27H,4H2,1-3H3. The zero-order valence-electron chi connectivity index (χ0n) is 17.5. The number of benzene rings is 3. The number of nitrogens with one attached hydrogen (secondary N) is 1. The molecular weight excluding hydrogens is 386 g/mol. The number of rotatable bonds is 6. The van der Waals surface area contributed by atoms with E-state index in [0.717, 1.165) is 23.5 Å². The van der Waals surface area contributed by atoms with E-state index in [1.165, 1.54) is 21.6 Å². The molecular formula is C26H25N3S. The number of nitrogens with zero attached hydrogens (tertiary/aromatic N) is 2. The van der Waals surface area contributed by atoms with Gasteiger partial charge < -0.3 is 5.41 Å². The Balaban J connectivity index is 1.79. The van der Waals surface area contributed by atoms with Gasteiger partial charge in [0.05, 0.1) is 5.71 Å². The zero-order chi connectivity index (χ0) is 21.1. The molecule has 0 amide bonds. The largest absolute Gasteiger partial charge is 0.303 e. The summed E-state index contributed by atoms with van der Waals surface area (Å²) < 4.78 is 2.10. The molecule has 1 heterocycles. The predicted octanol–water partition coefficient (Wildman–Crippen LogP) is 6.88. The van der Waals surface area contributed by atoms with Crippen LogP contribution in [0.1, 0.15) is 25.1 Å². The second kappa shape index (κ2) is 8.72. The first-order valence-corrected chi connectivity index (χ1v) is 11.3. The fourth-order valence-corrected chi connectivity index (χ4v) is 4.07. The Morgan fingerprint density at radius 3 is 2.43 bits per heavy atom. The third kappa shape index (κ3) is 3.96. The second-order valence-corrected chi connectivity index (χ2v) is 8.11. The molecule has 4 aromatic rings. The molecule has 3 nitrogen and oxygen atoms in total. The van der Waals surface area contributed by atoms with Crippen LogP contribution in [0.15, 0.2) is 83.9 Å². The van der Waals surface area contributed by atoms with Gasteiger partial charge in [-0.3, -0.25) is 4.57 Å². The minimum absolute atomic E-state index is 0.467. The van der Waals surface area contributed by atoms with Crippen molar-refractivity contribution in [2.24, 2.45) is 0 Å². The molecule has 0 aliphatic carbocycles. The van der Waals surface area contributed by atoms with Crippen LogP contribution in [0.4, 0.5) is 0 Å². The monoisotopic (exact) mass is 411 g/mol. The van der Waals surface area contributed by atoms with Gasteiger partial charge in [-0.15, -0.1) is 11.8 Å². The summed E-state index contributed by atoms with van der Waals surface area (Å²) in [5.74, 6) is 0.881. The Labute approximate surface area is 182 Å². The SMILES string of the molecule is CCc1ccccc1-c1nc(C(C)=N)cn1-c1ccc(-c2cccc(SC)c2)cc1. The van der Waals surface area contributed by atoms with Gasteiger partial charge >= 0.3 is 0 Å². The molecule has 0 spiro atoms. The van der Waals surface area contributed by atoms with Gasteiger partial charge in [-0.1, -0.05) is 55.5 Å². The van der Waals surface area contributed by atoms with Crippen LogP contribution in [-0.2, 0) is 6.42 Å². The molecule has 0 fully saturated rings. The van der Waals surface area contributed by atoms with Gasteiger partial charge in [0, 0.05) is 22.3 Å². The fraction of sp³-hybridized carbons (Fsp3) is 0.154. The summed E-state index contributed by atoms with van der Waals surface area (Å²) in [7, 11) is 0. The first-order chi connectivity index (χ1) is 14.6. The number of hydrogen-bond donors (Lipinski definition) is 1. The van der Waals surface area contributed by atoms with E-state index in [4.69, 9.17) is 10.4 Å². The fourth-order valence-electron chi connectivity index (χ4n) is 3.61. The van der Waals surface area contributed by atoms with E-state index in [-0.39, 0.29) is 0 Å². The van der Waals surface area contributed by atoms with Gasteiger partial charge in [0.1, 0.15) is 11.5 Å². The van der Waals surface area contributed by atoms with Crippen molar-refractivity contribution in [3.05, 3.63) is 90.3 Å². The maximum atomic E-state index is 8.08. The summed E-state index contributed by atoms with van der Waals surface area (Å²) in [5.41, 5.74) is 6.98. The predicted molar refractivity (Wildman–Crippen MR) is 128 cm³/mol. The highest BCUT2D eigenvalue weighted by Crippen LogP contribution is 2.29. The van der Waals surface area contributed by atoms with Crippen LogP contribution in [0, 0.1) is 5.41 Å². The van der Waals surface area contributed by atoms with Crippen molar-refractivity contribution < 1.29 is 0 Å². The third-order valence-electron chi connectivity index (χ3n) is 5.28. The Hall–Kier alpha value is -3.11. The summed E-state index contributed by atoms with van der Waals surface area (Å²) in [6.07, 6.45) is 5.00. The Morgan fingerprint density at radius 1 is 0.967 bits per heavy atom. The summed E-state index contributed by atoms with van der Waals surface area (Å²) in [5, 5.41) is 8.08. The molecule has 0 saturated heterocycles. The van der Waals surface area contributed by atoms with Crippen molar-refractivity contribution in [3.63, 3.8) is 0 Å². The molecule has 1 aromatic heterocycles. The first kappa shape index (κ1) is 20.2. The van der Waals surface area contributed by atoms with Crippen molar-refractivity contribution in [2.45, 2.75) is 25.2 Å². The number of hydrogen-bond acceptors (Lipinski definition) is 3. The lowest BCUT2D eigenvalue weighted by Gasteiger charge is -2.12. The lowest BCUT2D eigenvalue weighted by atomic mass is 10.0. The molecule has 0 unspecified atom stereocenters. The Morgan fingerprint density at radius 2 is 1.73 bits per heavy atom. The minimum Gasteiger partial charge on any atom is -0.303 e. The van der Waals surface area contributed by atoms with E-state index in [9.17, 15) is 0 Å². The quantitative estimate of drug-likeness (QED) is 0.278. The van der Waals surface area contributed by atoms with E-state index in [0.29, 0.717) is 11.4 Å². The van der Waals surface area contributed by atoms with Crippen LogP contribution in [-0.4, -0.2) is 21.5 Å². The number of thioether (sulfide) groups is 1. The van der Waals surface area contributed by atoms with Crippen LogP contribution in [0.5, 0.6) is 0 Å². The normalized spacial score (nSPS) is 10.9. The molecule has 4 rings (SSSR count). The van der Waals surface area contributed by atoms with Crippen LogP contribution >= 0.6 is 11.8 Å². The van der Waals surface area contributed by atoms with Crippen LogP contribution in [0.3, 0.4) is 0 Å². The first-order valence-electron chi connectivity index (χ1n) is 10.1. The van der Waals surface area contributed by atoms with Crippen molar-refractivity contribution in [1.29, 1.82) is 5.41 Å². The van der Waals surface area contributed by atoms with Gasteiger partial charge in [0.2, 0.25) is 0 Å². The zero-order valence-corrected chi connectivity index (χ0v) is 18.3. The van der Waals surface area contributed by atoms with E-state index in [2.05, 4.69) is 84.5 Å². The smallest absolute Gasteiger partial charge is 0.145 e. The topological polar surface area (TPSA) is 41.7 Å². The van der Waals surface area contributed by atoms with Gasteiger partial charge in [-0.25, -0.2) is 4.98 Å². The molecule has 0 radical (unpaired) electrons. The minimum atomic E-state index is 0.467. The highest BCUT2D eigenvalue weighted by Gasteiger charge is 2.15. The second-order valence-electron chi connectivity index (χ2n) is 7.23. The van der Waals surface area contributed by atoms with Crippen molar-refractivity contribution in [2.75, 3.05) is 6.26 Å². The number of aromatic nitrogens is 2. The number of aryl methyl sites for hydroxylation is 1. The third-order valence-corrected chi connectivity index (χ3v) is 6.00. The molecule has 0 bridgehead atoms. The molecule has 0 aliphatic heterocycles. The molecule has 0 aliphatic rings.